The Kier molecular flexibility index (Phi) is 3.80. The molecule has 0 aliphatic carbocycles. The van der Waals surface area contributed by atoms with E-state index >= 15 is 0 Å². The second-order valence-electron chi connectivity index (χ2n) is 3.80. The summed E-state index contributed by atoms with van der Waals surface area (Å²) in [4.78, 5) is 4.18. The molecule has 0 spiro atoms. The minimum Gasteiger partial charge on any atom is -0.381 e. The second-order valence-corrected chi connectivity index (χ2v) is 4.21. The minimum absolute atomic E-state index is 0.580. The van der Waals surface area contributed by atoms with E-state index in [1.807, 2.05) is 12.1 Å². The van der Waals surface area contributed by atoms with Gasteiger partial charge in [0.2, 0.25) is 0 Å². The summed E-state index contributed by atoms with van der Waals surface area (Å²) >= 11 is 5.99. The van der Waals surface area contributed by atoms with Gasteiger partial charge in [-0.1, -0.05) is 11.6 Å². The highest BCUT2D eigenvalue weighted by Crippen LogP contribution is 2.19. The van der Waals surface area contributed by atoms with Gasteiger partial charge in [0.05, 0.1) is 11.6 Å². The third-order valence-electron chi connectivity index (χ3n) is 2.57. The molecule has 0 radical (unpaired) electrons. The molecule has 3 nitrogen and oxygen atoms in total. The molecule has 1 saturated heterocycles. The Balaban J connectivity index is 1.84. The van der Waals surface area contributed by atoms with Crippen LogP contribution in [0.1, 0.15) is 12.8 Å². The fraction of sp³-hybridized carbons (Fsp3) is 0.545. The molecular weight excluding hydrogens is 212 g/mol. The van der Waals surface area contributed by atoms with Gasteiger partial charge in [-0.05, 0) is 30.9 Å². The third kappa shape index (κ3) is 3.08. The molecule has 2 heterocycles. The van der Waals surface area contributed by atoms with E-state index in [0.717, 1.165) is 32.0 Å². The Morgan fingerprint density at radius 2 is 2.53 bits per heavy atom. The first-order valence-electron chi connectivity index (χ1n) is 5.28. The van der Waals surface area contributed by atoms with Gasteiger partial charge >= 0.3 is 0 Å². The van der Waals surface area contributed by atoms with Crippen molar-refractivity contribution in [2.45, 2.75) is 12.8 Å². The van der Waals surface area contributed by atoms with Crippen LogP contribution in [0.4, 0.5) is 5.82 Å². The van der Waals surface area contributed by atoms with Crippen molar-refractivity contribution in [2.24, 2.45) is 5.92 Å². The van der Waals surface area contributed by atoms with Crippen LogP contribution in [0.3, 0.4) is 0 Å². The van der Waals surface area contributed by atoms with Gasteiger partial charge in [-0.15, -0.1) is 0 Å². The number of nitrogens with zero attached hydrogens (tertiary/aromatic N) is 1. The first-order chi connectivity index (χ1) is 7.36. The number of pyridine rings is 1. The van der Waals surface area contributed by atoms with E-state index in [0.29, 0.717) is 10.9 Å². The lowest BCUT2D eigenvalue weighted by molar-refractivity contribution is 0.0595. The number of hydrogen-bond donors (Lipinski definition) is 1. The molecular formula is C11H15ClN2O. The van der Waals surface area contributed by atoms with Crippen molar-refractivity contribution in [1.29, 1.82) is 0 Å². The van der Waals surface area contributed by atoms with Crippen LogP contribution in [-0.2, 0) is 4.74 Å². The largest absolute Gasteiger partial charge is 0.381 e. The van der Waals surface area contributed by atoms with Crippen LogP contribution in [0.5, 0.6) is 0 Å². The van der Waals surface area contributed by atoms with Crippen molar-refractivity contribution >= 4 is 17.4 Å². The summed E-state index contributed by atoms with van der Waals surface area (Å²) in [6.07, 6.45) is 4.12. The standard InChI is InChI=1S/C11H15ClN2O/c12-10-4-1-5-13-11(10)14-7-9-3-2-6-15-8-9/h1,4-5,9H,2-3,6-8H2,(H,13,14). The second kappa shape index (κ2) is 5.33. The van der Waals surface area contributed by atoms with Crippen molar-refractivity contribution in [3.05, 3.63) is 23.4 Å². The molecule has 1 unspecified atom stereocenters. The monoisotopic (exact) mass is 226 g/mol. The van der Waals surface area contributed by atoms with Crippen molar-refractivity contribution in [3.63, 3.8) is 0 Å². The molecule has 1 N–H and O–H groups in total. The van der Waals surface area contributed by atoms with Gasteiger partial charge in [0, 0.05) is 19.3 Å². The molecule has 1 aromatic rings. The van der Waals surface area contributed by atoms with E-state index in [-0.39, 0.29) is 0 Å². The highest BCUT2D eigenvalue weighted by atomic mass is 35.5. The van der Waals surface area contributed by atoms with E-state index < -0.39 is 0 Å². The molecule has 0 bridgehead atoms. The molecule has 82 valence electrons. The highest BCUT2D eigenvalue weighted by Gasteiger charge is 2.13. The zero-order valence-electron chi connectivity index (χ0n) is 8.58. The average Bonchev–Trinajstić information content (AvgIpc) is 2.29. The molecule has 1 aromatic heterocycles. The zero-order valence-corrected chi connectivity index (χ0v) is 9.33. The maximum absolute atomic E-state index is 5.99. The van der Waals surface area contributed by atoms with Crippen LogP contribution < -0.4 is 5.32 Å². The summed E-state index contributed by atoms with van der Waals surface area (Å²) in [6.45, 7) is 2.63. The van der Waals surface area contributed by atoms with Gasteiger partial charge in [-0.3, -0.25) is 0 Å². The summed E-state index contributed by atoms with van der Waals surface area (Å²) in [6, 6.07) is 3.67. The summed E-state index contributed by atoms with van der Waals surface area (Å²) in [5.41, 5.74) is 0. The molecule has 1 fully saturated rings. The van der Waals surface area contributed by atoms with Gasteiger partial charge in [-0.25, -0.2) is 4.98 Å². The van der Waals surface area contributed by atoms with Gasteiger partial charge in [0.25, 0.3) is 0 Å². The summed E-state index contributed by atoms with van der Waals surface area (Å²) in [5, 5.41) is 3.93. The number of hydrogen-bond acceptors (Lipinski definition) is 3. The molecule has 15 heavy (non-hydrogen) atoms. The summed E-state index contributed by atoms with van der Waals surface area (Å²) in [7, 11) is 0. The maximum atomic E-state index is 5.99. The number of anilines is 1. The van der Waals surface area contributed by atoms with Crippen LogP contribution in [0, 0.1) is 5.92 Å². The predicted molar refractivity (Wildman–Crippen MR) is 61.3 cm³/mol. The summed E-state index contributed by atoms with van der Waals surface area (Å²) in [5.74, 6) is 1.35. The van der Waals surface area contributed by atoms with Gasteiger partial charge in [0.15, 0.2) is 0 Å². The smallest absolute Gasteiger partial charge is 0.144 e. The number of nitrogens with one attached hydrogen (secondary N) is 1. The SMILES string of the molecule is Clc1cccnc1NCC1CCCOC1. The molecule has 2 rings (SSSR count). The molecule has 1 aliphatic rings. The predicted octanol–water partition coefficient (Wildman–Crippen LogP) is 2.57. The lowest BCUT2D eigenvalue weighted by atomic mass is 10.0. The molecule has 0 amide bonds. The van der Waals surface area contributed by atoms with E-state index in [2.05, 4.69) is 10.3 Å². The average molecular weight is 227 g/mol. The van der Waals surface area contributed by atoms with E-state index in [9.17, 15) is 0 Å². The third-order valence-corrected chi connectivity index (χ3v) is 2.88. The quantitative estimate of drug-likeness (QED) is 0.860. The van der Waals surface area contributed by atoms with Gasteiger partial charge in [-0.2, -0.15) is 0 Å². The first kappa shape index (κ1) is 10.7. The molecule has 1 aliphatic heterocycles. The van der Waals surface area contributed by atoms with E-state index in [1.165, 1.54) is 6.42 Å². The Labute approximate surface area is 94.8 Å². The topological polar surface area (TPSA) is 34.2 Å². The van der Waals surface area contributed by atoms with Gasteiger partial charge < -0.3 is 10.1 Å². The highest BCUT2D eigenvalue weighted by molar-refractivity contribution is 6.32. The maximum Gasteiger partial charge on any atom is 0.144 e. The lowest BCUT2D eigenvalue weighted by Crippen LogP contribution is -2.24. The summed E-state index contributed by atoms with van der Waals surface area (Å²) < 4.78 is 5.41. The number of rotatable bonds is 3. The van der Waals surface area contributed by atoms with Crippen LogP contribution in [-0.4, -0.2) is 24.7 Å². The Morgan fingerprint density at radius 3 is 3.27 bits per heavy atom. The fourth-order valence-electron chi connectivity index (χ4n) is 1.73. The van der Waals surface area contributed by atoms with Crippen molar-refractivity contribution in [3.8, 4) is 0 Å². The number of halogens is 1. The van der Waals surface area contributed by atoms with Crippen LogP contribution in [0.15, 0.2) is 18.3 Å². The van der Waals surface area contributed by atoms with Crippen molar-refractivity contribution in [2.75, 3.05) is 25.1 Å². The van der Waals surface area contributed by atoms with Gasteiger partial charge in [0.1, 0.15) is 5.82 Å². The fourth-order valence-corrected chi connectivity index (χ4v) is 1.91. The Bertz CT molecular complexity index is 313. The number of aromatic nitrogens is 1. The van der Waals surface area contributed by atoms with E-state index in [1.54, 1.807) is 6.20 Å². The molecule has 4 heteroatoms. The Hall–Kier alpha value is -0.800. The van der Waals surface area contributed by atoms with Crippen molar-refractivity contribution in [1.82, 2.24) is 4.98 Å². The molecule has 0 saturated carbocycles. The number of ether oxygens (including phenoxy) is 1. The van der Waals surface area contributed by atoms with Crippen LogP contribution >= 0.6 is 11.6 Å². The zero-order chi connectivity index (χ0) is 10.5. The van der Waals surface area contributed by atoms with Crippen LogP contribution in [0.2, 0.25) is 5.02 Å². The van der Waals surface area contributed by atoms with Crippen LogP contribution in [0.25, 0.3) is 0 Å². The molecule has 0 aromatic carbocycles. The lowest BCUT2D eigenvalue weighted by Gasteiger charge is -2.22. The first-order valence-corrected chi connectivity index (χ1v) is 5.66. The van der Waals surface area contributed by atoms with E-state index in [4.69, 9.17) is 16.3 Å². The minimum atomic E-state index is 0.580. The van der Waals surface area contributed by atoms with Crippen molar-refractivity contribution < 1.29 is 4.74 Å². The Morgan fingerprint density at radius 1 is 1.60 bits per heavy atom. The molecule has 1 atom stereocenters. The normalized spacial score (nSPS) is 21.3.